The van der Waals surface area contributed by atoms with Gasteiger partial charge in [0, 0.05) is 27.4 Å². The van der Waals surface area contributed by atoms with Crippen molar-refractivity contribution in [2.75, 3.05) is 0 Å². The van der Waals surface area contributed by atoms with Crippen LogP contribution < -0.4 is 5.32 Å². The summed E-state index contributed by atoms with van der Waals surface area (Å²) in [7, 11) is 0. The molecule has 3 heterocycles. The summed E-state index contributed by atoms with van der Waals surface area (Å²) in [6.45, 7) is 2.85. The Morgan fingerprint density at radius 2 is 2.15 bits per heavy atom. The van der Waals surface area contributed by atoms with Crippen molar-refractivity contribution >= 4 is 45.6 Å². The molecule has 0 aromatic carbocycles. The Labute approximate surface area is 135 Å². The molecule has 0 bridgehead atoms. The Bertz CT molecular complexity index is 672. The van der Waals surface area contributed by atoms with Crippen molar-refractivity contribution in [3.05, 3.63) is 59.8 Å². The van der Waals surface area contributed by atoms with Crippen LogP contribution in [-0.2, 0) is 6.54 Å². The van der Waals surface area contributed by atoms with Crippen molar-refractivity contribution in [1.82, 2.24) is 10.3 Å². The van der Waals surface area contributed by atoms with Gasteiger partial charge in [-0.05, 0) is 30.5 Å². The highest BCUT2D eigenvalue weighted by Crippen LogP contribution is 2.33. The molecular formula is C14H13ClN2S3. The minimum atomic E-state index is 0.191. The van der Waals surface area contributed by atoms with Crippen molar-refractivity contribution in [2.45, 2.75) is 19.5 Å². The van der Waals surface area contributed by atoms with Crippen LogP contribution in [0.5, 0.6) is 0 Å². The monoisotopic (exact) mass is 340 g/mol. The number of halogens is 1. The van der Waals surface area contributed by atoms with Crippen LogP contribution in [0, 0.1) is 6.92 Å². The molecule has 0 saturated heterocycles. The maximum atomic E-state index is 6.07. The fourth-order valence-electron chi connectivity index (χ4n) is 1.95. The summed E-state index contributed by atoms with van der Waals surface area (Å²) in [4.78, 5) is 8.19. The fraction of sp³-hybridized carbons (Fsp3) is 0.214. The van der Waals surface area contributed by atoms with E-state index in [0.717, 1.165) is 15.9 Å². The zero-order chi connectivity index (χ0) is 13.9. The van der Waals surface area contributed by atoms with Gasteiger partial charge in [0.2, 0.25) is 0 Å². The predicted molar refractivity (Wildman–Crippen MR) is 89.2 cm³/mol. The van der Waals surface area contributed by atoms with Gasteiger partial charge in [-0.3, -0.25) is 5.32 Å². The summed E-state index contributed by atoms with van der Waals surface area (Å²) in [5.41, 5.74) is 0. The van der Waals surface area contributed by atoms with Crippen LogP contribution in [-0.4, -0.2) is 4.98 Å². The lowest BCUT2D eigenvalue weighted by molar-refractivity contribution is 0.619. The number of aryl methyl sites for hydroxylation is 1. The molecule has 3 aromatic rings. The molecule has 0 amide bonds. The molecule has 0 saturated carbocycles. The Morgan fingerprint density at radius 3 is 2.75 bits per heavy atom. The number of rotatable bonds is 5. The molecule has 0 radical (unpaired) electrons. The molecule has 1 atom stereocenters. The molecule has 6 heteroatoms. The molecule has 1 N–H and O–H groups in total. The number of nitrogens with one attached hydrogen (secondary N) is 1. The van der Waals surface area contributed by atoms with Crippen molar-refractivity contribution in [2.24, 2.45) is 0 Å². The zero-order valence-corrected chi connectivity index (χ0v) is 14.0. The Hall–Kier alpha value is -0.720. The second-order valence-corrected chi connectivity index (χ2v) is 8.38. The van der Waals surface area contributed by atoms with Crippen LogP contribution in [0.2, 0.25) is 4.34 Å². The Kier molecular flexibility index (Phi) is 4.53. The van der Waals surface area contributed by atoms with Crippen LogP contribution >= 0.6 is 45.6 Å². The topological polar surface area (TPSA) is 24.9 Å². The maximum Gasteiger partial charge on any atom is 0.107 e. The molecule has 104 valence electrons. The van der Waals surface area contributed by atoms with Gasteiger partial charge in [-0.2, -0.15) is 0 Å². The van der Waals surface area contributed by atoms with Gasteiger partial charge in [0.15, 0.2) is 0 Å². The van der Waals surface area contributed by atoms with E-state index in [2.05, 4.69) is 40.8 Å². The first kappa shape index (κ1) is 14.2. The van der Waals surface area contributed by atoms with E-state index in [-0.39, 0.29) is 6.04 Å². The normalized spacial score (nSPS) is 12.7. The lowest BCUT2D eigenvalue weighted by Crippen LogP contribution is -2.20. The van der Waals surface area contributed by atoms with Gasteiger partial charge in [0.05, 0.1) is 10.4 Å². The first-order valence-corrected chi connectivity index (χ1v) is 9.05. The highest BCUT2D eigenvalue weighted by atomic mass is 35.5. The lowest BCUT2D eigenvalue weighted by Gasteiger charge is -2.15. The summed E-state index contributed by atoms with van der Waals surface area (Å²) in [5.74, 6) is 0. The minimum Gasteiger partial charge on any atom is -0.298 e. The highest BCUT2D eigenvalue weighted by Gasteiger charge is 2.17. The van der Waals surface area contributed by atoms with E-state index < -0.39 is 0 Å². The van der Waals surface area contributed by atoms with Crippen LogP contribution in [0.25, 0.3) is 0 Å². The molecule has 0 aliphatic rings. The third kappa shape index (κ3) is 3.30. The van der Waals surface area contributed by atoms with Crippen LogP contribution in [0.1, 0.15) is 25.7 Å². The SMILES string of the molecule is Cc1cnc(CNC(c2cccs2)c2ccc(Cl)s2)s1. The van der Waals surface area contributed by atoms with E-state index in [1.807, 2.05) is 12.3 Å². The van der Waals surface area contributed by atoms with E-state index in [1.165, 1.54) is 14.6 Å². The van der Waals surface area contributed by atoms with Crippen LogP contribution in [0.15, 0.2) is 35.8 Å². The number of thiophene rings is 2. The van der Waals surface area contributed by atoms with E-state index in [9.17, 15) is 0 Å². The summed E-state index contributed by atoms with van der Waals surface area (Å²) < 4.78 is 0.827. The van der Waals surface area contributed by atoms with Gasteiger partial charge < -0.3 is 0 Å². The highest BCUT2D eigenvalue weighted by molar-refractivity contribution is 7.16. The van der Waals surface area contributed by atoms with Crippen molar-refractivity contribution in [1.29, 1.82) is 0 Å². The van der Waals surface area contributed by atoms with Gasteiger partial charge in [0.25, 0.3) is 0 Å². The van der Waals surface area contributed by atoms with Gasteiger partial charge in [-0.25, -0.2) is 4.98 Å². The summed E-state index contributed by atoms with van der Waals surface area (Å²) in [5, 5.41) is 6.81. The molecular weight excluding hydrogens is 328 g/mol. The second kappa shape index (κ2) is 6.37. The van der Waals surface area contributed by atoms with Crippen molar-refractivity contribution < 1.29 is 0 Å². The first-order chi connectivity index (χ1) is 9.72. The quantitative estimate of drug-likeness (QED) is 0.698. The zero-order valence-electron chi connectivity index (χ0n) is 10.8. The first-order valence-electron chi connectivity index (χ1n) is 6.15. The van der Waals surface area contributed by atoms with Gasteiger partial charge in [-0.15, -0.1) is 34.0 Å². The van der Waals surface area contributed by atoms with Crippen LogP contribution in [0.3, 0.4) is 0 Å². The minimum absolute atomic E-state index is 0.191. The molecule has 3 aromatic heterocycles. The Balaban J connectivity index is 1.79. The number of thiazole rings is 1. The smallest absolute Gasteiger partial charge is 0.107 e. The summed E-state index contributed by atoms with van der Waals surface area (Å²) >= 11 is 11.2. The largest absolute Gasteiger partial charge is 0.298 e. The van der Waals surface area contributed by atoms with Gasteiger partial charge >= 0.3 is 0 Å². The molecule has 1 unspecified atom stereocenters. The average molecular weight is 341 g/mol. The average Bonchev–Trinajstić information content (AvgIpc) is 3.13. The van der Waals surface area contributed by atoms with Gasteiger partial charge in [0.1, 0.15) is 5.01 Å². The van der Waals surface area contributed by atoms with E-state index in [4.69, 9.17) is 11.6 Å². The molecule has 0 spiro atoms. The summed E-state index contributed by atoms with van der Waals surface area (Å²) in [6.07, 6.45) is 1.92. The molecule has 3 rings (SSSR count). The maximum absolute atomic E-state index is 6.07. The Morgan fingerprint density at radius 1 is 1.25 bits per heavy atom. The molecule has 0 fully saturated rings. The van der Waals surface area contributed by atoms with E-state index in [1.54, 1.807) is 34.0 Å². The van der Waals surface area contributed by atoms with Crippen molar-refractivity contribution in [3.8, 4) is 0 Å². The van der Waals surface area contributed by atoms with Gasteiger partial charge in [-0.1, -0.05) is 17.7 Å². The van der Waals surface area contributed by atoms with E-state index in [0.29, 0.717) is 0 Å². The molecule has 0 aliphatic heterocycles. The lowest BCUT2D eigenvalue weighted by atomic mass is 10.2. The predicted octanol–water partition coefficient (Wildman–Crippen LogP) is 5.11. The second-order valence-electron chi connectivity index (χ2n) is 4.34. The standard InChI is InChI=1S/C14H13ClN2S3/c1-9-7-16-13(19-9)8-17-14(10-3-2-6-18-10)11-4-5-12(15)20-11/h2-7,14,17H,8H2,1H3. The number of hydrogen-bond donors (Lipinski definition) is 1. The van der Waals surface area contributed by atoms with Crippen molar-refractivity contribution in [3.63, 3.8) is 0 Å². The summed E-state index contributed by atoms with van der Waals surface area (Å²) in [6, 6.07) is 8.48. The fourth-order valence-corrected chi connectivity index (χ4v) is 4.74. The molecule has 0 aliphatic carbocycles. The van der Waals surface area contributed by atoms with Crippen LogP contribution in [0.4, 0.5) is 0 Å². The van der Waals surface area contributed by atoms with E-state index >= 15 is 0 Å². The molecule has 2 nitrogen and oxygen atoms in total. The molecule has 20 heavy (non-hydrogen) atoms. The third-order valence-electron chi connectivity index (χ3n) is 2.83. The number of nitrogens with zero attached hydrogens (tertiary/aromatic N) is 1. The third-order valence-corrected chi connectivity index (χ3v) is 5.98. The number of aromatic nitrogens is 1. The number of hydrogen-bond acceptors (Lipinski definition) is 5.